The second-order valence-corrected chi connectivity index (χ2v) is 5.11. The quantitative estimate of drug-likeness (QED) is 0.895. The van der Waals surface area contributed by atoms with Crippen LogP contribution in [0.4, 0.5) is 0 Å². The lowest BCUT2D eigenvalue weighted by Crippen LogP contribution is -2.57. The second kappa shape index (κ2) is 5.38. The van der Waals surface area contributed by atoms with Gasteiger partial charge in [0, 0.05) is 18.9 Å². The number of nitrogens with zero attached hydrogens (tertiary/aromatic N) is 2. The number of aromatic nitrogens is 1. The number of amides is 1. The lowest BCUT2D eigenvalue weighted by atomic mass is 9.88. The van der Waals surface area contributed by atoms with Crippen LogP contribution >= 0.6 is 0 Å². The van der Waals surface area contributed by atoms with E-state index in [-0.39, 0.29) is 12.3 Å². The van der Waals surface area contributed by atoms with Crippen LogP contribution in [0.2, 0.25) is 0 Å². The Hall–Kier alpha value is -1.91. The van der Waals surface area contributed by atoms with Gasteiger partial charge < -0.3 is 10.0 Å². The van der Waals surface area contributed by atoms with Crippen LogP contribution in [0.1, 0.15) is 31.7 Å². The van der Waals surface area contributed by atoms with E-state index >= 15 is 0 Å². The molecule has 1 aromatic heterocycles. The number of carbonyl (C=O) groups is 2. The Morgan fingerprint density at radius 2 is 2.05 bits per heavy atom. The van der Waals surface area contributed by atoms with Gasteiger partial charge in [0.15, 0.2) is 0 Å². The Bertz CT molecular complexity index is 475. The Morgan fingerprint density at radius 1 is 1.37 bits per heavy atom. The van der Waals surface area contributed by atoms with Crippen molar-refractivity contribution in [3.8, 4) is 0 Å². The average molecular weight is 262 g/mol. The van der Waals surface area contributed by atoms with Crippen LogP contribution in [0.5, 0.6) is 0 Å². The first-order chi connectivity index (χ1) is 9.04. The van der Waals surface area contributed by atoms with Crippen molar-refractivity contribution in [2.75, 3.05) is 6.54 Å². The molecule has 0 aromatic carbocycles. The lowest BCUT2D eigenvalue weighted by Gasteiger charge is -2.41. The van der Waals surface area contributed by atoms with E-state index in [2.05, 4.69) is 4.98 Å². The monoisotopic (exact) mass is 262 g/mol. The zero-order chi connectivity index (χ0) is 13.9. The predicted molar refractivity (Wildman–Crippen MR) is 69.5 cm³/mol. The smallest absolute Gasteiger partial charge is 0.329 e. The number of carbonyl (C=O) groups excluding carboxylic acids is 1. The molecular formula is C14H18N2O3. The molecule has 0 radical (unpaired) electrons. The van der Waals surface area contributed by atoms with E-state index in [4.69, 9.17) is 0 Å². The summed E-state index contributed by atoms with van der Waals surface area (Å²) in [7, 11) is 0. The van der Waals surface area contributed by atoms with Crippen molar-refractivity contribution in [2.45, 2.75) is 38.1 Å². The van der Waals surface area contributed by atoms with Crippen LogP contribution < -0.4 is 0 Å². The van der Waals surface area contributed by atoms with Gasteiger partial charge in [0.2, 0.25) is 5.91 Å². The number of carboxylic acid groups (broad SMARTS) is 1. The van der Waals surface area contributed by atoms with Gasteiger partial charge in [-0.05, 0) is 43.9 Å². The first kappa shape index (κ1) is 13.5. The summed E-state index contributed by atoms with van der Waals surface area (Å²) in [6.45, 7) is 2.16. The fourth-order valence-electron chi connectivity index (χ4n) is 2.51. The highest BCUT2D eigenvalue weighted by Gasteiger charge is 2.43. The molecule has 1 fully saturated rings. The van der Waals surface area contributed by atoms with E-state index in [0.29, 0.717) is 13.0 Å². The van der Waals surface area contributed by atoms with E-state index in [1.807, 2.05) is 0 Å². The molecule has 5 nitrogen and oxygen atoms in total. The maximum absolute atomic E-state index is 12.3. The Kier molecular flexibility index (Phi) is 3.83. The predicted octanol–water partition coefficient (Wildman–Crippen LogP) is 1.48. The molecule has 0 saturated carbocycles. The van der Waals surface area contributed by atoms with Crippen molar-refractivity contribution in [2.24, 2.45) is 0 Å². The van der Waals surface area contributed by atoms with Crippen LogP contribution in [-0.2, 0) is 16.0 Å². The molecule has 19 heavy (non-hydrogen) atoms. The van der Waals surface area contributed by atoms with Gasteiger partial charge in [-0.2, -0.15) is 0 Å². The van der Waals surface area contributed by atoms with Crippen LogP contribution in [0, 0.1) is 0 Å². The molecule has 2 rings (SSSR count). The molecule has 0 spiro atoms. The molecule has 102 valence electrons. The number of carboxylic acids is 1. The first-order valence-electron chi connectivity index (χ1n) is 6.47. The van der Waals surface area contributed by atoms with Crippen molar-refractivity contribution < 1.29 is 14.7 Å². The first-order valence-corrected chi connectivity index (χ1v) is 6.47. The Balaban J connectivity index is 2.14. The van der Waals surface area contributed by atoms with Crippen molar-refractivity contribution >= 4 is 11.9 Å². The van der Waals surface area contributed by atoms with Crippen LogP contribution in [-0.4, -0.2) is 39.0 Å². The van der Waals surface area contributed by atoms with Gasteiger partial charge >= 0.3 is 5.97 Å². The average Bonchev–Trinajstić information content (AvgIpc) is 2.40. The van der Waals surface area contributed by atoms with Gasteiger partial charge in [-0.3, -0.25) is 9.78 Å². The second-order valence-electron chi connectivity index (χ2n) is 5.11. The van der Waals surface area contributed by atoms with Crippen LogP contribution in [0.15, 0.2) is 24.5 Å². The highest BCUT2D eigenvalue weighted by Crippen LogP contribution is 2.28. The summed E-state index contributed by atoms with van der Waals surface area (Å²) < 4.78 is 0. The Labute approximate surface area is 112 Å². The molecule has 1 aliphatic heterocycles. The van der Waals surface area contributed by atoms with Gasteiger partial charge in [-0.1, -0.05) is 0 Å². The summed E-state index contributed by atoms with van der Waals surface area (Å²) in [4.78, 5) is 29.2. The zero-order valence-corrected chi connectivity index (χ0v) is 11.0. The summed E-state index contributed by atoms with van der Waals surface area (Å²) >= 11 is 0. The molecule has 1 amide bonds. The van der Waals surface area contributed by atoms with Gasteiger partial charge in [-0.15, -0.1) is 0 Å². The summed E-state index contributed by atoms with van der Waals surface area (Å²) in [5.41, 5.74) is -0.208. The molecule has 0 bridgehead atoms. The fourth-order valence-corrected chi connectivity index (χ4v) is 2.51. The molecular weight excluding hydrogens is 244 g/mol. The molecule has 1 N–H and O–H groups in total. The molecule has 5 heteroatoms. The van der Waals surface area contributed by atoms with Gasteiger partial charge in [0.25, 0.3) is 0 Å². The molecule has 1 aromatic rings. The topological polar surface area (TPSA) is 70.5 Å². The molecule has 1 atom stereocenters. The normalized spacial score (nSPS) is 23.1. The SMILES string of the molecule is CC1(C(=O)O)CCCCN1C(=O)Cc1ccncc1. The zero-order valence-electron chi connectivity index (χ0n) is 11.0. The minimum Gasteiger partial charge on any atom is -0.480 e. The minimum absolute atomic E-state index is 0.129. The van der Waals surface area contributed by atoms with E-state index in [1.54, 1.807) is 31.5 Å². The summed E-state index contributed by atoms with van der Waals surface area (Å²) in [6, 6.07) is 3.56. The summed E-state index contributed by atoms with van der Waals surface area (Å²) in [5.74, 6) is -1.05. The van der Waals surface area contributed by atoms with E-state index in [0.717, 1.165) is 18.4 Å². The lowest BCUT2D eigenvalue weighted by molar-refractivity contribution is -0.160. The van der Waals surface area contributed by atoms with Crippen molar-refractivity contribution in [3.05, 3.63) is 30.1 Å². The highest BCUT2D eigenvalue weighted by molar-refractivity contribution is 5.88. The molecule has 2 heterocycles. The molecule has 1 saturated heterocycles. The van der Waals surface area contributed by atoms with Gasteiger partial charge in [0.05, 0.1) is 6.42 Å². The number of rotatable bonds is 3. The van der Waals surface area contributed by atoms with Crippen molar-refractivity contribution in [1.82, 2.24) is 9.88 Å². The van der Waals surface area contributed by atoms with Gasteiger partial charge in [-0.25, -0.2) is 4.79 Å². The van der Waals surface area contributed by atoms with Crippen LogP contribution in [0.25, 0.3) is 0 Å². The van der Waals surface area contributed by atoms with E-state index < -0.39 is 11.5 Å². The molecule has 1 unspecified atom stereocenters. The number of piperidine rings is 1. The Morgan fingerprint density at radius 3 is 2.68 bits per heavy atom. The van der Waals surface area contributed by atoms with Crippen molar-refractivity contribution in [1.29, 1.82) is 0 Å². The van der Waals surface area contributed by atoms with Gasteiger partial charge in [0.1, 0.15) is 5.54 Å². The van der Waals surface area contributed by atoms with E-state index in [1.165, 1.54) is 4.90 Å². The minimum atomic E-state index is -1.07. The number of hydrogen-bond acceptors (Lipinski definition) is 3. The highest BCUT2D eigenvalue weighted by atomic mass is 16.4. The number of aliphatic carboxylic acids is 1. The summed E-state index contributed by atoms with van der Waals surface area (Å²) in [5, 5.41) is 9.38. The number of pyridine rings is 1. The third-order valence-corrected chi connectivity index (χ3v) is 3.76. The maximum atomic E-state index is 12.3. The largest absolute Gasteiger partial charge is 0.480 e. The third kappa shape index (κ3) is 2.75. The fraction of sp³-hybridized carbons (Fsp3) is 0.500. The number of likely N-dealkylation sites (tertiary alicyclic amines) is 1. The summed E-state index contributed by atoms with van der Waals surface area (Å²) in [6.07, 6.45) is 5.73. The number of hydrogen-bond donors (Lipinski definition) is 1. The molecule has 0 aliphatic carbocycles. The van der Waals surface area contributed by atoms with E-state index in [9.17, 15) is 14.7 Å². The van der Waals surface area contributed by atoms with Crippen molar-refractivity contribution in [3.63, 3.8) is 0 Å². The molecule has 1 aliphatic rings. The standard InChI is InChI=1S/C14H18N2O3/c1-14(13(18)19)6-2-3-9-16(14)12(17)10-11-4-7-15-8-5-11/h4-5,7-8H,2-3,6,9-10H2,1H3,(H,18,19). The maximum Gasteiger partial charge on any atom is 0.329 e. The third-order valence-electron chi connectivity index (χ3n) is 3.76. The van der Waals surface area contributed by atoms with Crippen LogP contribution in [0.3, 0.4) is 0 Å².